The fraction of sp³-hybridized carbons (Fsp3) is 0.435. The van der Waals surface area contributed by atoms with Crippen LogP contribution in [-0.4, -0.2) is 19.6 Å². The van der Waals surface area contributed by atoms with E-state index in [0.717, 1.165) is 17.1 Å². The van der Waals surface area contributed by atoms with Gasteiger partial charge in [0, 0.05) is 6.42 Å². The highest BCUT2D eigenvalue weighted by Crippen LogP contribution is 2.24. The second-order valence-corrected chi connectivity index (χ2v) is 7.79. The maximum Gasteiger partial charge on any atom is 0.220 e. The molecule has 27 heavy (non-hydrogen) atoms. The fourth-order valence-electron chi connectivity index (χ4n) is 2.76. The molecule has 0 aromatic heterocycles. The lowest BCUT2D eigenvalue weighted by atomic mass is 9.86. The van der Waals surface area contributed by atoms with Crippen LogP contribution in [0.2, 0.25) is 0 Å². The van der Waals surface area contributed by atoms with E-state index in [1.54, 1.807) is 7.11 Å². The summed E-state index contributed by atoms with van der Waals surface area (Å²) in [7, 11) is 1.63. The summed E-state index contributed by atoms with van der Waals surface area (Å²) in [5, 5.41) is 3.06. The zero-order chi connectivity index (χ0) is 19.9. The number of benzene rings is 2. The zero-order valence-electron chi connectivity index (χ0n) is 17.0. The molecule has 1 atom stereocenters. The minimum Gasteiger partial charge on any atom is -0.497 e. The van der Waals surface area contributed by atoms with Crippen LogP contribution in [0.25, 0.3) is 0 Å². The van der Waals surface area contributed by atoms with E-state index < -0.39 is 0 Å². The van der Waals surface area contributed by atoms with Crippen molar-refractivity contribution in [2.24, 2.45) is 0 Å². The first-order valence-electron chi connectivity index (χ1n) is 9.46. The van der Waals surface area contributed by atoms with Crippen LogP contribution in [-0.2, 0) is 10.2 Å². The maximum absolute atomic E-state index is 12.2. The van der Waals surface area contributed by atoms with Gasteiger partial charge < -0.3 is 14.8 Å². The van der Waals surface area contributed by atoms with Crippen molar-refractivity contribution in [1.82, 2.24) is 5.32 Å². The predicted octanol–water partition coefficient (Wildman–Crippen LogP) is 5.03. The number of nitrogens with one attached hydrogen (secondary N) is 1. The van der Waals surface area contributed by atoms with Crippen molar-refractivity contribution >= 4 is 5.91 Å². The molecule has 0 spiro atoms. The molecule has 2 rings (SSSR count). The van der Waals surface area contributed by atoms with Crippen molar-refractivity contribution in [3.63, 3.8) is 0 Å². The lowest BCUT2D eigenvalue weighted by molar-refractivity contribution is -0.121. The Bertz CT molecular complexity index is 715. The molecule has 0 aliphatic carbocycles. The van der Waals surface area contributed by atoms with Crippen molar-refractivity contribution in [3.8, 4) is 11.5 Å². The van der Waals surface area contributed by atoms with E-state index in [-0.39, 0.29) is 17.4 Å². The number of carbonyl (C=O) groups excluding carboxylic acids is 1. The Morgan fingerprint density at radius 2 is 1.59 bits per heavy atom. The van der Waals surface area contributed by atoms with Crippen LogP contribution in [0.4, 0.5) is 0 Å². The van der Waals surface area contributed by atoms with Gasteiger partial charge in [0.15, 0.2) is 0 Å². The molecule has 4 heteroatoms. The summed E-state index contributed by atoms with van der Waals surface area (Å²) in [5.74, 6) is 1.62. The highest BCUT2D eigenvalue weighted by atomic mass is 16.5. The molecule has 0 bridgehead atoms. The lowest BCUT2D eigenvalue weighted by Crippen LogP contribution is -2.26. The van der Waals surface area contributed by atoms with Crippen LogP contribution in [0.3, 0.4) is 0 Å². The van der Waals surface area contributed by atoms with E-state index in [2.05, 4.69) is 50.4 Å². The summed E-state index contributed by atoms with van der Waals surface area (Å²) >= 11 is 0. The smallest absolute Gasteiger partial charge is 0.220 e. The zero-order valence-corrected chi connectivity index (χ0v) is 17.0. The molecule has 0 aliphatic rings. The quantitative estimate of drug-likeness (QED) is 0.664. The maximum atomic E-state index is 12.2. The van der Waals surface area contributed by atoms with Crippen molar-refractivity contribution < 1.29 is 14.3 Å². The van der Waals surface area contributed by atoms with Gasteiger partial charge in [-0.25, -0.2) is 0 Å². The van der Waals surface area contributed by atoms with Crippen molar-refractivity contribution in [2.75, 3.05) is 13.7 Å². The molecule has 0 saturated carbocycles. The van der Waals surface area contributed by atoms with Gasteiger partial charge in [0.25, 0.3) is 0 Å². The summed E-state index contributed by atoms with van der Waals surface area (Å²) < 4.78 is 10.8. The van der Waals surface area contributed by atoms with Crippen molar-refractivity contribution in [3.05, 3.63) is 59.7 Å². The van der Waals surface area contributed by atoms with E-state index in [0.29, 0.717) is 19.4 Å². The Balaban J connectivity index is 1.73. The largest absolute Gasteiger partial charge is 0.497 e. The van der Waals surface area contributed by atoms with Crippen molar-refractivity contribution in [1.29, 1.82) is 0 Å². The van der Waals surface area contributed by atoms with E-state index in [4.69, 9.17) is 9.47 Å². The molecule has 1 N–H and O–H groups in total. The molecule has 1 amide bonds. The normalized spacial score (nSPS) is 12.3. The van der Waals surface area contributed by atoms with Gasteiger partial charge in [0.05, 0.1) is 19.8 Å². The summed E-state index contributed by atoms with van der Waals surface area (Å²) in [4.78, 5) is 12.2. The van der Waals surface area contributed by atoms with Gasteiger partial charge in [0.1, 0.15) is 11.5 Å². The summed E-state index contributed by atoms with van der Waals surface area (Å²) in [6.45, 7) is 9.11. The number of hydrogen-bond donors (Lipinski definition) is 1. The molecule has 146 valence electrons. The van der Waals surface area contributed by atoms with Gasteiger partial charge in [-0.15, -0.1) is 0 Å². The highest BCUT2D eigenvalue weighted by molar-refractivity contribution is 5.76. The molecule has 0 heterocycles. The molecular weight excluding hydrogens is 338 g/mol. The number of rotatable bonds is 8. The molecule has 4 nitrogen and oxygen atoms in total. The number of methoxy groups -OCH3 is 1. The van der Waals surface area contributed by atoms with E-state index >= 15 is 0 Å². The first-order chi connectivity index (χ1) is 12.8. The molecule has 0 unspecified atom stereocenters. The second-order valence-electron chi connectivity index (χ2n) is 7.79. The minimum absolute atomic E-state index is 0.00553. The van der Waals surface area contributed by atoms with Gasteiger partial charge >= 0.3 is 0 Å². The third kappa shape index (κ3) is 6.63. The highest BCUT2D eigenvalue weighted by Gasteiger charge is 2.14. The average Bonchev–Trinajstić information content (AvgIpc) is 2.65. The fourth-order valence-corrected chi connectivity index (χ4v) is 2.76. The van der Waals surface area contributed by atoms with Gasteiger partial charge in [-0.3, -0.25) is 4.79 Å². The monoisotopic (exact) mass is 369 g/mol. The lowest BCUT2D eigenvalue weighted by Gasteiger charge is -2.20. The molecule has 2 aromatic carbocycles. The van der Waals surface area contributed by atoms with Crippen molar-refractivity contribution in [2.45, 2.75) is 52.0 Å². The molecule has 2 aromatic rings. The first kappa shape index (κ1) is 20.8. The molecule has 0 radical (unpaired) electrons. The van der Waals surface area contributed by atoms with Gasteiger partial charge in [-0.05, 0) is 54.2 Å². The van der Waals surface area contributed by atoms with Gasteiger partial charge in [-0.2, -0.15) is 0 Å². The van der Waals surface area contributed by atoms with Gasteiger partial charge in [0.2, 0.25) is 5.91 Å². The first-order valence-corrected chi connectivity index (χ1v) is 9.46. The number of amides is 1. The summed E-state index contributed by atoms with van der Waals surface area (Å²) in [6.07, 6.45) is 1.12. The SMILES string of the molecule is COc1ccc(OCCCC(=O)N[C@@H](C)c2ccc(C(C)(C)C)cc2)cc1. The van der Waals surface area contributed by atoms with Crippen LogP contribution in [0, 0.1) is 0 Å². The van der Waals surface area contributed by atoms with E-state index in [1.807, 2.05) is 31.2 Å². The second kappa shape index (κ2) is 9.45. The third-order valence-corrected chi connectivity index (χ3v) is 4.53. The van der Waals surface area contributed by atoms with Crippen LogP contribution < -0.4 is 14.8 Å². The Morgan fingerprint density at radius 1 is 1.00 bits per heavy atom. The number of ether oxygens (including phenoxy) is 2. The molecule has 0 saturated heterocycles. The summed E-state index contributed by atoms with van der Waals surface area (Å²) in [6, 6.07) is 15.9. The average molecular weight is 370 g/mol. The van der Waals surface area contributed by atoms with Crippen LogP contribution in [0.5, 0.6) is 11.5 Å². The predicted molar refractivity (Wildman–Crippen MR) is 109 cm³/mol. The Labute approximate surface area is 162 Å². The van der Waals surface area contributed by atoms with Crippen LogP contribution in [0.1, 0.15) is 57.7 Å². The number of hydrogen-bond acceptors (Lipinski definition) is 3. The topological polar surface area (TPSA) is 47.6 Å². The number of carbonyl (C=O) groups is 1. The van der Waals surface area contributed by atoms with Crippen LogP contribution in [0.15, 0.2) is 48.5 Å². The Hall–Kier alpha value is -2.49. The summed E-state index contributed by atoms with van der Waals surface area (Å²) in [5.41, 5.74) is 2.54. The standard InChI is InChI=1S/C23H31NO3/c1-17(18-8-10-19(11-9-18)23(2,3)4)24-22(25)7-6-16-27-21-14-12-20(26-5)13-15-21/h8-15,17H,6-7,16H2,1-5H3,(H,24,25)/t17-/m0/s1. The van der Waals surface area contributed by atoms with E-state index in [9.17, 15) is 4.79 Å². The molecule has 0 aliphatic heterocycles. The molecular formula is C23H31NO3. The Morgan fingerprint density at radius 3 is 2.15 bits per heavy atom. The third-order valence-electron chi connectivity index (χ3n) is 4.53. The van der Waals surface area contributed by atoms with Crippen LogP contribution >= 0.6 is 0 Å². The van der Waals surface area contributed by atoms with E-state index in [1.165, 1.54) is 5.56 Å². The minimum atomic E-state index is -0.00553. The Kier molecular flexibility index (Phi) is 7.28. The van der Waals surface area contributed by atoms with Gasteiger partial charge in [-0.1, -0.05) is 45.0 Å². The molecule has 0 fully saturated rings.